The van der Waals surface area contributed by atoms with Gasteiger partial charge in [0.1, 0.15) is 0 Å². The normalized spacial score (nSPS) is 27.9. The van der Waals surface area contributed by atoms with Crippen molar-refractivity contribution >= 4 is 5.91 Å². The molecule has 0 aromatic heterocycles. The van der Waals surface area contributed by atoms with Crippen LogP contribution in [0.2, 0.25) is 0 Å². The quantitative estimate of drug-likeness (QED) is 0.797. The van der Waals surface area contributed by atoms with Crippen LogP contribution < -0.4 is 10.6 Å². The summed E-state index contributed by atoms with van der Waals surface area (Å²) in [5, 5.41) is 6.62. The van der Waals surface area contributed by atoms with E-state index in [0.29, 0.717) is 12.1 Å². The summed E-state index contributed by atoms with van der Waals surface area (Å²) in [5.74, 6) is 0.142. The first-order valence-corrected chi connectivity index (χ1v) is 7.07. The van der Waals surface area contributed by atoms with Crippen molar-refractivity contribution < 1.29 is 4.79 Å². The number of rotatable bonds is 4. The molecule has 18 heavy (non-hydrogen) atoms. The summed E-state index contributed by atoms with van der Waals surface area (Å²) in [6.07, 6.45) is 0.944. The van der Waals surface area contributed by atoms with Crippen molar-refractivity contribution in [2.24, 2.45) is 0 Å². The molecular formula is C14H29N3O. The first-order valence-electron chi connectivity index (χ1n) is 7.07. The maximum Gasteiger partial charge on any atom is 0.237 e. The van der Waals surface area contributed by atoms with Gasteiger partial charge in [-0.2, -0.15) is 0 Å². The summed E-state index contributed by atoms with van der Waals surface area (Å²) in [4.78, 5) is 14.5. The van der Waals surface area contributed by atoms with E-state index in [2.05, 4.69) is 50.2 Å². The molecule has 1 amide bonds. The number of carbonyl (C=O) groups excluding carboxylic acids is 1. The Labute approximate surface area is 111 Å². The van der Waals surface area contributed by atoms with E-state index in [1.54, 1.807) is 0 Å². The zero-order valence-corrected chi connectivity index (χ0v) is 12.7. The molecule has 0 radical (unpaired) electrons. The monoisotopic (exact) mass is 255 g/mol. The number of carbonyl (C=O) groups is 1. The third-order valence-corrected chi connectivity index (χ3v) is 3.86. The Balaban J connectivity index is 2.58. The highest BCUT2D eigenvalue weighted by molar-refractivity contribution is 5.82. The summed E-state index contributed by atoms with van der Waals surface area (Å²) in [5.41, 5.74) is -0.114. The fourth-order valence-electron chi connectivity index (χ4n) is 2.38. The maximum atomic E-state index is 12.3. The molecule has 1 fully saturated rings. The molecule has 1 saturated heterocycles. The molecule has 106 valence electrons. The van der Waals surface area contributed by atoms with Gasteiger partial charge in [0.05, 0.1) is 6.04 Å². The van der Waals surface area contributed by atoms with E-state index in [1.807, 2.05) is 6.92 Å². The van der Waals surface area contributed by atoms with E-state index in [4.69, 9.17) is 0 Å². The largest absolute Gasteiger partial charge is 0.350 e. The standard InChI is InChI=1S/C14H29N3O/c1-7-14(5,6)16-13(18)12(4)17-8-10(2)15-11(3)9-17/h10-12,15H,7-9H2,1-6H3,(H,16,18). The lowest BCUT2D eigenvalue weighted by Gasteiger charge is -2.40. The SMILES string of the molecule is CCC(C)(C)NC(=O)C(C)N1CC(C)NC(C)C1. The van der Waals surface area contributed by atoms with Gasteiger partial charge in [0.25, 0.3) is 0 Å². The van der Waals surface area contributed by atoms with Crippen molar-refractivity contribution in [1.82, 2.24) is 15.5 Å². The first kappa shape index (κ1) is 15.4. The van der Waals surface area contributed by atoms with Crippen LogP contribution in [0.15, 0.2) is 0 Å². The molecular weight excluding hydrogens is 226 g/mol. The smallest absolute Gasteiger partial charge is 0.237 e. The van der Waals surface area contributed by atoms with E-state index < -0.39 is 0 Å². The molecule has 4 heteroatoms. The van der Waals surface area contributed by atoms with Gasteiger partial charge >= 0.3 is 0 Å². The molecule has 0 saturated carbocycles. The van der Waals surface area contributed by atoms with E-state index in [0.717, 1.165) is 19.5 Å². The summed E-state index contributed by atoms with van der Waals surface area (Å²) in [6, 6.07) is 0.842. The Morgan fingerprint density at radius 3 is 2.33 bits per heavy atom. The molecule has 0 aliphatic carbocycles. The van der Waals surface area contributed by atoms with Crippen molar-refractivity contribution in [3.63, 3.8) is 0 Å². The van der Waals surface area contributed by atoms with Gasteiger partial charge in [-0.05, 0) is 41.0 Å². The Hall–Kier alpha value is -0.610. The first-order chi connectivity index (χ1) is 8.25. The zero-order chi connectivity index (χ0) is 13.9. The summed E-state index contributed by atoms with van der Waals surface area (Å²) >= 11 is 0. The lowest BCUT2D eigenvalue weighted by Crippen LogP contribution is -2.60. The third kappa shape index (κ3) is 4.25. The fraction of sp³-hybridized carbons (Fsp3) is 0.929. The Kier molecular flexibility index (Phi) is 5.17. The van der Waals surface area contributed by atoms with Crippen molar-refractivity contribution in [1.29, 1.82) is 0 Å². The molecule has 3 unspecified atom stereocenters. The Bertz CT molecular complexity index is 281. The van der Waals surface area contributed by atoms with Gasteiger partial charge in [-0.15, -0.1) is 0 Å². The second-order valence-corrected chi connectivity index (χ2v) is 6.33. The highest BCUT2D eigenvalue weighted by Crippen LogP contribution is 2.12. The average molecular weight is 255 g/mol. The second-order valence-electron chi connectivity index (χ2n) is 6.33. The van der Waals surface area contributed by atoms with Gasteiger partial charge in [0, 0.05) is 30.7 Å². The fourth-order valence-corrected chi connectivity index (χ4v) is 2.38. The molecule has 0 aromatic carbocycles. The Morgan fingerprint density at radius 1 is 1.39 bits per heavy atom. The van der Waals surface area contributed by atoms with Crippen LogP contribution in [0.1, 0.15) is 48.0 Å². The van der Waals surface area contributed by atoms with Crippen molar-refractivity contribution in [2.45, 2.75) is 71.6 Å². The number of nitrogens with zero attached hydrogens (tertiary/aromatic N) is 1. The predicted molar refractivity (Wildman–Crippen MR) is 75.6 cm³/mol. The van der Waals surface area contributed by atoms with Crippen LogP contribution in [0.25, 0.3) is 0 Å². The van der Waals surface area contributed by atoms with E-state index in [9.17, 15) is 4.79 Å². The molecule has 2 N–H and O–H groups in total. The number of hydrogen-bond acceptors (Lipinski definition) is 3. The second kappa shape index (κ2) is 6.02. The molecule has 1 aliphatic heterocycles. The molecule has 0 spiro atoms. The third-order valence-electron chi connectivity index (χ3n) is 3.86. The van der Waals surface area contributed by atoms with Gasteiger partial charge in [-0.3, -0.25) is 9.69 Å². The predicted octanol–water partition coefficient (Wildman–Crippen LogP) is 1.36. The Morgan fingerprint density at radius 2 is 1.89 bits per heavy atom. The van der Waals surface area contributed by atoms with E-state index in [1.165, 1.54) is 0 Å². The van der Waals surface area contributed by atoms with Crippen LogP contribution in [0, 0.1) is 0 Å². The maximum absolute atomic E-state index is 12.3. The number of amides is 1. The molecule has 3 atom stereocenters. The van der Waals surface area contributed by atoms with Gasteiger partial charge in [-0.25, -0.2) is 0 Å². The van der Waals surface area contributed by atoms with Crippen molar-refractivity contribution in [2.75, 3.05) is 13.1 Å². The molecule has 1 heterocycles. The van der Waals surface area contributed by atoms with E-state index >= 15 is 0 Å². The zero-order valence-electron chi connectivity index (χ0n) is 12.7. The number of piperazine rings is 1. The number of nitrogens with one attached hydrogen (secondary N) is 2. The summed E-state index contributed by atoms with van der Waals surface area (Å²) in [6.45, 7) is 14.5. The minimum atomic E-state index is -0.114. The van der Waals surface area contributed by atoms with Crippen LogP contribution in [0.4, 0.5) is 0 Å². The molecule has 0 bridgehead atoms. The van der Waals surface area contributed by atoms with Crippen LogP contribution in [0.3, 0.4) is 0 Å². The van der Waals surface area contributed by atoms with Gasteiger partial charge in [0.15, 0.2) is 0 Å². The van der Waals surface area contributed by atoms with Gasteiger partial charge < -0.3 is 10.6 Å². The van der Waals surface area contributed by atoms with Gasteiger partial charge in [-0.1, -0.05) is 6.92 Å². The molecule has 4 nitrogen and oxygen atoms in total. The molecule has 0 aromatic rings. The molecule has 1 rings (SSSR count). The lowest BCUT2D eigenvalue weighted by molar-refractivity contribution is -0.128. The van der Waals surface area contributed by atoms with E-state index in [-0.39, 0.29) is 17.5 Å². The van der Waals surface area contributed by atoms with Crippen LogP contribution in [-0.2, 0) is 4.79 Å². The average Bonchev–Trinajstić information content (AvgIpc) is 2.26. The minimum absolute atomic E-state index is 0.0529. The van der Waals surface area contributed by atoms with Crippen molar-refractivity contribution in [3.8, 4) is 0 Å². The van der Waals surface area contributed by atoms with Crippen LogP contribution in [-0.4, -0.2) is 47.6 Å². The topological polar surface area (TPSA) is 44.4 Å². The minimum Gasteiger partial charge on any atom is -0.350 e. The van der Waals surface area contributed by atoms with Crippen molar-refractivity contribution in [3.05, 3.63) is 0 Å². The van der Waals surface area contributed by atoms with Crippen LogP contribution in [0.5, 0.6) is 0 Å². The summed E-state index contributed by atoms with van der Waals surface area (Å²) in [7, 11) is 0. The number of hydrogen-bond donors (Lipinski definition) is 2. The highest BCUT2D eigenvalue weighted by atomic mass is 16.2. The summed E-state index contributed by atoms with van der Waals surface area (Å²) < 4.78 is 0. The van der Waals surface area contributed by atoms with Crippen LogP contribution >= 0.6 is 0 Å². The lowest BCUT2D eigenvalue weighted by atomic mass is 10.0. The molecule has 1 aliphatic rings. The van der Waals surface area contributed by atoms with Gasteiger partial charge in [0.2, 0.25) is 5.91 Å². The highest BCUT2D eigenvalue weighted by Gasteiger charge is 2.30.